The van der Waals surface area contributed by atoms with E-state index in [1.165, 1.54) is 0 Å². The number of guanidine groups is 1. The molecule has 2 N–H and O–H groups in total. The molecule has 2 aromatic carbocycles. The highest BCUT2D eigenvalue weighted by Gasteiger charge is 2.11. The van der Waals surface area contributed by atoms with E-state index in [2.05, 4.69) is 15.6 Å². The van der Waals surface area contributed by atoms with Gasteiger partial charge in [0, 0.05) is 24.7 Å². The number of anilines is 1. The predicted octanol–water partition coefficient (Wildman–Crippen LogP) is 3.83. The van der Waals surface area contributed by atoms with Crippen molar-refractivity contribution < 1.29 is 18.9 Å². The first kappa shape index (κ1) is 20.6. The van der Waals surface area contributed by atoms with E-state index in [0.717, 1.165) is 41.5 Å². The van der Waals surface area contributed by atoms with Gasteiger partial charge >= 0.3 is 0 Å². The average Bonchev–Trinajstić information content (AvgIpc) is 2.98. The van der Waals surface area contributed by atoms with E-state index in [1.54, 1.807) is 7.11 Å². The second-order valence-electron chi connectivity index (χ2n) is 6.45. The molecule has 1 aliphatic rings. The van der Waals surface area contributed by atoms with Crippen molar-refractivity contribution >= 4 is 11.6 Å². The van der Waals surface area contributed by atoms with Gasteiger partial charge in [0.05, 0.1) is 33.5 Å². The van der Waals surface area contributed by atoms with Gasteiger partial charge in [-0.3, -0.25) is 0 Å². The second kappa shape index (κ2) is 10.5. The molecule has 0 spiro atoms. The Bertz CT molecular complexity index is 839. The number of nitrogens with one attached hydrogen (secondary N) is 2. The molecule has 0 amide bonds. The summed E-state index contributed by atoms with van der Waals surface area (Å²) in [4.78, 5) is 4.69. The molecule has 7 heteroatoms. The fourth-order valence-electron chi connectivity index (χ4n) is 2.94. The molecule has 29 heavy (non-hydrogen) atoms. The van der Waals surface area contributed by atoms with Crippen LogP contribution in [0.25, 0.3) is 0 Å². The molecule has 0 fully saturated rings. The average molecular weight is 399 g/mol. The molecule has 3 rings (SSSR count). The van der Waals surface area contributed by atoms with Crippen LogP contribution in [-0.4, -0.2) is 39.4 Å². The maximum Gasteiger partial charge on any atom is 0.196 e. The van der Waals surface area contributed by atoms with Gasteiger partial charge in [-0.2, -0.15) is 0 Å². The van der Waals surface area contributed by atoms with Crippen LogP contribution in [0.2, 0.25) is 0 Å². The van der Waals surface area contributed by atoms with Crippen molar-refractivity contribution in [3.8, 4) is 23.0 Å². The highest BCUT2D eigenvalue weighted by atomic mass is 16.5. The van der Waals surface area contributed by atoms with Gasteiger partial charge in [0.25, 0.3) is 0 Å². The van der Waals surface area contributed by atoms with Crippen molar-refractivity contribution in [3.05, 3.63) is 42.0 Å². The molecule has 0 saturated carbocycles. The van der Waals surface area contributed by atoms with Crippen molar-refractivity contribution in [2.45, 2.75) is 26.8 Å². The number of hydrogen-bond acceptors (Lipinski definition) is 5. The highest BCUT2D eigenvalue weighted by molar-refractivity contribution is 5.93. The number of hydrogen-bond donors (Lipinski definition) is 2. The quantitative estimate of drug-likeness (QED) is 0.545. The third-order valence-corrected chi connectivity index (χ3v) is 4.30. The molecule has 7 nitrogen and oxygen atoms in total. The van der Waals surface area contributed by atoms with Crippen LogP contribution in [-0.2, 0) is 6.54 Å². The number of rotatable bonds is 7. The van der Waals surface area contributed by atoms with Gasteiger partial charge in [-0.05, 0) is 43.7 Å². The number of ether oxygens (including phenoxy) is 4. The van der Waals surface area contributed by atoms with Gasteiger partial charge in [-0.25, -0.2) is 4.99 Å². The van der Waals surface area contributed by atoms with Crippen LogP contribution in [0.3, 0.4) is 0 Å². The van der Waals surface area contributed by atoms with E-state index in [9.17, 15) is 0 Å². The Hall–Kier alpha value is -3.09. The summed E-state index contributed by atoms with van der Waals surface area (Å²) >= 11 is 0. The van der Waals surface area contributed by atoms with E-state index in [0.29, 0.717) is 38.1 Å². The van der Waals surface area contributed by atoms with Crippen LogP contribution in [0.5, 0.6) is 23.0 Å². The SMILES string of the molecule is CCNC(=NCc1ccc(OCC)c(OC)c1)Nc1ccc2c(c1)OCCCO2. The maximum absolute atomic E-state index is 5.77. The lowest BCUT2D eigenvalue weighted by Gasteiger charge is -2.14. The summed E-state index contributed by atoms with van der Waals surface area (Å²) in [6, 6.07) is 11.7. The van der Waals surface area contributed by atoms with Crippen molar-refractivity contribution in [3.63, 3.8) is 0 Å². The van der Waals surface area contributed by atoms with Crippen LogP contribution in [0.15, 0.2) is 41.4 Å². The van der Waals surface area contributed by atoms with Crippen molar-refractivity contribution in [2.24, 2.45) is 4.99 Å². The Kier molecular flexibility index (Phi) is 7.44. The summed E-state index contributed by atoms with van der Waals surface area (Å²) in [6.07, 6.45) is 0.882. The smallest absolute Gasteiger partial charge is 0.196 e. The fraction of sp³-hybridized carbons (Fsp3) is 0.409. The molecular formula is C22H29N3O4. The summed E-state index contributed by atoms with van der Waals surface area (Å²) in [5, 5.41) is 6.59. The fourth-order valence-corrected chi connectivity index (χ4v) is 2.94. The summed E-state index contributed by atoms with van der Waals surface area (Å²) in [7, 11) is 1.64. The molecule has 2 aromatic rings. The minimum absolute atomic E-state index is 0.503. The lowest BCUT2D eigenvalue weighted by Crippen LogP contribution is -2.30. The van der Waals surface area contributed by atoms with Gasteiger partial charge < -0.3 is 29.6 Å². The Morgan fingerprint density at radius 2 is 1.86 bits per heavy atom. The van der Waals surface area contributed by atoms with Gasteiger partial charge in [0.15, 0.2) is 29.0 Å². The summed E-state index contributed by atoms with van der Waals surface area (Å²) in [5.74, 6) is 3.66. The van der Waals surface area contributed by atoms with E-state index in [-0.39, 0.29) is 0 Å². The molecule has 1 aliphatic heterocycles. The molecule has 0 unspecified atom stereocenters. The van der Waals surface area contributed by atoms with Crippen LogP contribution >= 0.6 is 0 Å². The number of nitrogens with zero attached hydrogens (tertiary/aromatic N) is 1. The molecule has 0 radical (unpaired) electrons. The normalized spacial score (nSPS) is 13.4. The summed E-state index contributed by atoms with van der Waals surface area (Å²) in [6.45, 7) is 7.17. The number of methoxy groups -OCH3 is 1. The highest BCUT2D eigenvalue weighted by Crippen LogP contribution is 2.32. The molecule has 156 valence electrons. The van der Waals surface area contributed by atoms with Gasteiger partial charge in [0.2, 0.25) is 0 Å². The van der Waals surface area contributed by atoms with E-state index in [1.807, 2.05) is 50.2 Å². The number of aliphatic imine (C=N–C) groups is 1. The monoisotopic (exact) mass is 399 g/mol. The number of fused-ring (bicyclic) bond motifs is 1. The molecule has 0 aliphatic carbocycles. The van der Waals surface area contributed by atoms with Crippen LogP contribution in [0.1, 0.15) is 25.8 Å². The maximum atomic E-state index is 5.77. The predicted molar refractivity (Wildman–Crippen MR) is 115 cm³/mol. The minimum Gasteiger partial charge on any atom is -0.493 e. The third kappa shape index (κ3) is 5.70. The number of benzene rings is 2. The Balaban J connectivity index is 1.72. The zero-order valence-corrected chi connectivity index (χ0v) is 17.3. The molecule has 0 aromatic heterocycles. The Morgan fingerprint density at radius 3 is 2.62 bits per heavy atom. The summed E-state index contributed by atoms with van der Waals surface area (Å²) < 4.78 is 22.4. The Morgan fingerprint density at radius 1 is 1.03 bits per heavy atom. The molecule has 1 heterocycles. The van der Waals surface area contributed by atoms with Gasteiger partial charge in [-0.15, -0.1) is 0 Å². The first-order valence-electron chi connectivity index (χ1n) is 9.98. The van der Waals surface area contributed by atoms with Crippen LogP contribution in [0, 0.1) is 0 Å². The van der Waals surface area contributed by atoms with E-state index < -0.39 is 0 Å². The lowest BCUT2D eigenvalue weighted by atomic mass is 10.2. The largest absolute Gasteiger partial charge is 0.493 e. The van der Waals surface area contributed by atoms with Gasteiger partial charge in [-0.1, -0.05) is 6.07 Å². The molecule has 0 atom stereocenters. The van der Waals surface area contributed by atoms with Crippen LogP contribution in [0.4, 0.5) is 5.69 Å². The van der Waals surface area contributed by atoms with E-state index >= 15 is 0 Å². The van der Waals surface area contributed by atoms with Crippen molar-refractivity contribution in [1.82, 2.24) is 5.32 Å². The molecule has 0 bridgehead atoms. The zero-order valence-electron chi connectivity index (χ0n) is 17.3. The standard InChI is InChI=1S/C22H29N3O4/c1-4-23-22(24-15-16-7-9-18(27-5-2)20(13-16)26-3)25-17-8-10-19-21(14-17)29-12-6-11-28-19/h7-10,13-14H,4-6,11-12,15H2,1-3H3,(H2,23,24,25). The summed E-state index contributed by atoms with van der Waals surface area (Å²) in [5.41, 5.74) is 1.92. The zero-order chi connectivity index (χ0) is 20.5. The minimum atomic E-state index is 0.503. The first-order valence-corrected chi connectivity index (χ1v) is 9.98. The van der Waals surface area contributed by atoms with Crippen molar-refractivity contribution in [2.75, 3.05) is 38.8 Å². The lowest BCUT2D eigenvalue weighted by molar-refractivity contribution is 0.297. The topological polar surface area (TPSA) is 73.3 Å². The Labute approximate surface area is 172 Å². The molecule has 0 saturated heterocycles. The van der Waals surface area contributed by atoms with Gasteiger partial charge in [0.1, 0.15) is 0 Å². The molecular weight excluding hydrogens is 370 g/mol. The first-order chi connectivity index (χ1) is 14.2. The van der Waals surface area contributed by atoms with Crippen molar-refractivity contribution in [1.29, 1.82) is 0 Å². The second-order valence-corrected chi connectivity index (χ2v) is 6.45. The third-order valence-electron chi connectivity index (χ3n) is 4.30. The van der Waals surface area contributed by atoms with Crippen LogP contribution < -0.4 is 29.6 Å². The van der Waals surface area contributed by atoms with E-state index in [4.69, 9.17) is 18.9 Å².